The van der Waals surface area contributed by atoms with Crippen molar-refractivity contribution in [3.63, 3.8) is 0 Å². The van der Waals surface area contributed by atoms with Gasteiger partial charge in [-0.2, -0.15) is 0 Å². The second-order valence-electron chi connectivity index (χ2n) is 6.25. The van der Waals surface area contributed by atoms with E-state index in [-0.39, 0.29) is 12.4 Å². The Hall–Kier alpha value is -1.03. The summed E-state index contributed by atoms with van der Waals surface area (Å²) in [7, 11) is 0. The molecule has 3 rings (SSSR count). The zero-order valence-electron chi connectivity index (χ0n) is 13.8. The van der Waals surface area contributed by atoms with E-state index in [1.807, 2.05) is 18.2 Å². The van der Waals surface area contributed by atoms with E-state index in [0.29, 0.717) is 12.6 Å². The van der Waals surface area contributed by atoms with E-state index in [9.17, 15) is 0 Å². The van der Waals surface area contributed by atoms with E-state index in [4.69, 9.17) is 4.74 Å². The minimum absolute atomic E-state index is 0. The van der Waals surface area contributed by atoms with Crippen molar-refractivity contribution in [2.75, 3.05) is 0 Å². The van der Waals surface area contributed by atoms with E-state index < -0.39 is 0 Å². The quantitative estimate of drug-likeness (QED) is 0.643. The largest absolute Gasteiger partial charge is 0.488 e. The first-order valence-electron chi connectivity index (χ1n) is 8.50. The Morgan fingerprint density at radius 1 is 0.958 bits per heavy atom. The molecule has 130 valence electrons. The number of hydrogen-bond acceptors (Lipinski definition) is 2. The first kappa shape index (κ1) is 19.3. The van der Waals surface area contributed by atoms with Gasteiger partial charge in [0.1, 0.15) is 12.4 Å². The van der Waals surface area contributed by atoms with Gasteiger partial charge in [-0.25, -0.2) is 0 Å². The maximum Gasteiger partial charge on any atom is 0.134 e. The van der Waals surface area contributed by atoms with Crippen molar-refractivity contribution in [3.05, 3.63) is 64.1 Å². The summed E-state index contributed by atoms with van der Waals surface area (Å²) in [5, 5.41) is 3.68. The maximum atomic E-state index is 5.91. The lowest BCUT2D eigenvalue weighted by atomic mass is 9.95. The zero-order valence-corrected chi connectivity index (χ0v) is 16.2. The van der Waals surface area contributed by atoms with Gasteiger partial charge in [-0.05, 0) is 52.0 Å². The van der Waals surface area contributed by atoms with Crippen LogP contribution in [0.15, 0.2) is 53.0 Å². The zero-order chi connectivity index (χ0) is 15.9. The molecule has 1 aliphatic rings. The molecule has 0 atom stereocenters. The van der Waals surface area contributed by atoms with Crippen molar-refractivity contribution < 1.29 is 4.74 Å². The van der Waals surface area contributed by atoms with Crippen LogP contribution in [0.4, 0.5) is 0 Å². The van der Waals surface area contributed by atoms with Crippen molar-refractivity contribution in [3.8, 4) is 5.75 Å². The summed E-state index contributed by atoms with van der Waals surface area (Å²) < 4.78 is 6.93. The third kappa shape index (κ3) is 5.80. The van der Waals surface area contributed by atoms with Gasteiger partial charge < -0.3 is 10.1 Å². The molecular weight excluding hydrogens is 386 g/mol. The first-order chi connectivity index (χ1) is 11.3. The summed E-state index contributed by atoms with van der Waals surface area (Å²) in [6.07, 6.45) is 6.78. The van der Waals surface area contributed by atoms with Crippen LogP contribution in [0.25, 0.3) is 0 Å². The lowest BCUT2D eigenvalue weighted by Gasteiger charge is -2.23. The van der Waals surface area contributed by atoms with Crippen LogP contribution in [0.5, 0.6) is 5.75 Å². The smallest absolute Gasteiger partial charge is 0.134 e. The van der Waals surface area contributed by atoms with E-state index in [1.54, 1.807) is 0 Å². The molecule has 0 bridgehead atoms. The van der Waals surface area contributed by atoms with Crippen molar-refractivity contribution in [1.29, 1.82) is 0 Å². The van der Waals surface area contributed by atoms with Crippen LogP contribution in [0.1, 0.15) is 43.2 Å². The summed E-state index contributed by atoms with van der Waals surface area (Å²) in [6.45, 7) is 1.53. The molecule has 1 aliphatic carbocycles. The van der Waals surface area contributed by atoms with Gasteiger partial charge in [0.15, 0.2) is 0 Å². The van der Waals surface area contributed by atoms with Gasteiger partial charge in [0.2, 0.25) is 0 Å². The molecule has 0 saturated heterocycles. The van der Waals surface area contributed by atoms with Crippen LogP contribution in [0.3, 0.4) is 0 Å². The molecule has 0 radical (unpaired) electrons. The SMILES string of the molecule is Brc1cc(CNC2CCCCC2)ccc1OCc1ccccc1.Cl. The molecule has 0 aromatic heterocycles. The molecule has 0 spiro atoms. The van der Waals surface area contributed by atoms with Crippen molar-refractivity contribution >= 4 is 28.3 Å². The average molecular weight is 411 g/mol. The number of halogens is 2. The van der Waals surface area contributed by atoms with Gasteiger partial charge in [-0.15, -0.1) is 12.4 Å². The molecule has 4 heteroatoms. The molecule has 2 aromatic carbocycles. The molecule has 1 fully saturated rings. The van der Waals surface area contributed by atoms with E-state index in [2.05, 4.69) is 51.6 Å². The summed E-state index contributed by atoms with van der Waals surface area (Å²) >= 11 is 3.63. The first-order valence-corrected chi connectivity index (χ1v) is 9.29. The second kappa shape index (κ2) is 10.1. The fourth-order valence-electron chi connectivity index (χ4n) is 3.08. The average Bonchev–Trinajstić information content (AvgIpc) is 2.61. The van der Waals surface area contributed by atoms with Gasteiger partial charge in [-0.3, -0.25) is 0 Å². The Bertz CT molecular complexity index is 614. The van der Waals surface area contributed by atoms with Crippen LogP contribution >= 0.6 is 28.3 Å². The van der Waals surface area contributed by atoms with Gasteiger partial charge in [-0.1, -0.05) is 55.7 Å². The van der Waals surface area contributed by atoms with Gasteiger partial charge >= 0.3 is 0 Å². The third-order valence-electron chi connectivity index (χ3n) is 4.43. The molecule has 0 amide bonds. The summed E-state index contributed by atoms with van der Waals surface area (Å²) in [6, 6.07) is 17.3. The third-order valence-corrected chi connectivity index (χ3v) is 5.05. The highest BCUT2D eigenvalue weighted by molar-refractivity contribution is 9.10. The monoisotopic (exact) mass is 409 g/mol. The maximum absolute atomic E-state index is 5.91. The van der Waals surface area contributed by atoms with Gasteiger partial charge in [0, 0.05) is 12.6 Å². The highest BCUT2D eigenvalue weighted by atomic mass is 79.9. The fraction of sp³-hybridized carbons (Fsp3) is 0.400. The van der Waals surface area contributed by atoms with Crippen LogP contribution in [-0.2, 0) is 13.2 Å². The van der Waals surface area contributed by atoms with E-state index >= 15 is 0 Å². The van der Waals surface area contributed by atoms with Crippen LogP contribution in [0, 0.1) is 0 Å². The molecule has 2 nitrogen and oxygen atoms in total. The second-order valence-corrected chi connectivity index (χ2v) is 7.11. The van der Waals surface area contributed by atoms with Crippen LogP contribution in [0.2, 0.25) is 0 Å². The number of hydrogen-bond donors (Lipinski definition) is 1. The summed E-state index contributed by atoms with van der Waals surface area (Å²) in [4.78, 5) is 0. The predicted octanol–water partition coefficient (Wildman–Crippen LogP) is 5.87. The molecule has 0 heterocycles. The van der Waals surface area contributed by atoms with E-state index in [1.165, 1.54) is 43.2 Å². The Labute approximate surface area is 159 Å². The Kier molecular flexibility index (Phi) is 8.10. The molecule has 1 saturated carbocycles. The lowest BCUT2D eigenvalue weighted by Crippen LogP contribution is -2.30. The number of nitrogens with one attached hydrogen (secondary N) is 1. The minimum Gasteiger partial charge on any atom is -0.488 e. The van der Waals surface area contributed by atoms with Crippen molar-refractivity contribution in [1.82, 2.24) is 5.32 Å². The number of benzene rings is 2. The molecular formula is C20H25BrClNO. The molecule has 0 unspecified atom stereocenters. The minimum atomic E-state index is 0. The number of ether oxygens (including phenoxy) is 1. The highest BCUT2D eigenvalue weighted by Crippen LogP contribution is 2.27. The van der Waals surface area contributed by atoms with Gasteiger partial charge in [0.25, 0.3) is 0 Å². The summed E-state index contributed by atoms with van der Waals surface area (Å²) in [5.41, 5.74) is 2.48. The van der Waals surface area contributed by atoms with Gasteiger partial charge in [0.05, 0.1) is 4.47 Å². The Morgan fingerprint density at radius 2 is 1.71 bits per heavy atom. The molecule has 1 N–H and O–H groups in total. The molecule has 0 aliphatic heterocycles. The van der Waals surface area contributed by atoms with E-state index in [0.717, 1.165) is 16.8 Å². The summed E-state index contributed by atoms with van der Waals surface area (Å²) in [5.74, 6) is 0.898. The standard InChI is InChI=1S/C20H24BrNO.ClH/c21-19-13-17(14-22-18-9-5-2-6-10-18)11-12-20(19)23-15-16-7-3-1-4-8-16;/h1,3-4,7-8,11-13,18,22H,2,5-6,9-10,14-15H2;1H. The topological polar surface area (TPSA) is 21.3 Å². The lowest BCUT2D eigenvalue weighted by molar-refractivity contribution is 0.304. The van der Waals surface area contributed by atoms with Crippen LogP contribution < -0.4 is 10.1 Å². The molecule has 2 aromatic rings. The normalized spacial score (nSPS) is 14.9. The number of rotatable bonds is 6. The predicted molar refractivity (Wildman–Crippen MR) is 106 cm³/mol. The fourth-order valence-corrected chi connectivity index (χ4v) is 3.62. The Morgan fingerprint density at radius 3 is 2.42 bits per heavy atom. The van der Waals surface area contributed by atoms with Crippen LogP contribution in [-0.4, -0.2) is 6.04 Å². The highest BCUT2D eigenvalue weighted by Gasteiger charge is 2.12. The molecule has 24 heavy (non-hydrogen) atoms. The van der Waals surface area contributed by atoms with Crippen molar-refractivity contribution in [2.45, 2.75) is 51.3 Å². The van der Waals surface area contributed by atoms with Crippen molar-refractivity contribution in [2.24, 2.45) is 0 Å². The Balaban J connectivity index is 0.00000208.